The second kappa shape index (κ2) is 11.3. The Morgan fingerprint density at radius 2 is 1.80 bits per heavy atom. The molecule has 7 nitrogen and oxygen atoms in total. The number of carbonyl (C=O) groups is 1. The van der Waals surface area contributed by atoms with E-state index in [-0.39, 0.29) is 11.7 Å². The van der Waals surface area contributed by atoms with Crippen LogP contribution in [-0.4, -0.2) is 40.6 Å². The Balaban J connectivity index is 1.45. The lowest BCUT2D eigenvalue weighted by molar-refractivity contribution is -0.113. The number of H-pyrrole nitrogens is 1. The van der Waals surface area contributed by atoms with Crippen molar-refractivity contribution in [3.05, 3.63) is 48.5 Å². The van der Waals surface area contributed by atoms with E-state index in [0.717, 1.165) is 35.6 Å². The summed E-state index contributed by atoms with van der Waals surface area (Å²) >= 11 is 1.27. The number of thioether (sulfide) groups is 1. The monoisotopic (exact) mass is 426 g/mol. The lowest BCUT2D eigenvalue weighted by Crippen LogP contribution is -2.14. The number of hydrogen-bond acceptors (Lipinski definition) is 6. The molecule has 0 saturated carbocycles. The third kappa shape index (κ3) is 6.52. The largest absolute Gasteiger partial charge is 0.497 e. The molecule has 0 bridgehead atoms. The maximum absolute atomic E-state index is 12.2. The van der Waals surface area contributed by atoms with Crippen LogP contribution in [0.3, 0.4) is 0 Å². The number of unbranched alkanes of at least 4 members (excludes halogenated alkanes) is 2. The van der Waals surface area contributed by atoms with E-state index in [0.29, 0.717) is 17.6 Å². The molecule has 1 aromatic heterocycles. The molecule has 0 aliphatic rings. The number of anilines is 1. The first-order valence-electron chi connectivity index (χ1n) is 9.90. The molecule has 0 aliphatic carbocycles. The van der Waals surface area contributed by atoms with E-state index in [2.05, 4.69) is 27.4 Å². The van der Waals surface area contributed by atoms with Crippen LogP contribution in [0, 0.1) is 0 Å². The van der Waals surface area contributed by atoms with E-state index < -0.39 is 0 Å². The van der Waals surface area contributed by atoms with Crippen molar-refractivity contribution in [2.45, 2.75) is 31.3 Å². The highest BCUT2D eigenvalue weighted by molar-refractivity contribution is 7.99. The van der Waals surface area contributed by atoms with Crippen LogP contribution in [0.15, 0.2) is 53.7 Å². The molecule has 30 heavy (non-hydrogen) atoms. The molecular weight excluding hydrogens is 400 g/mol. The first kappa shape index (κ1) is 21.7. The highest BCUT2D eigenvalue weighted by Crippen LogP contribution is 2.22. The van der Waals surface area contributed by atoms with Crippen LogP contribution in [0.4, 0.5) is 5.69 Å². The summed E-state index contributed by atoms with van der Waals surface area (Å²) in [6.07, 6.45) is 3.38. The number of carbonyl (C=O) groups excluding carboxylic acids is 1. The number of aromatic nitrogens is 3. The van der Waals surface area contributed by atoms with Crippen molar-refractivity contribution in [3.8, 4) is 22.9 Å². The Hall–Kier alpha value is -3.00. The molecule has 2 aromatic carbocycles. The predicted octanol–water partition coefficient (Wildman–Crippen LogP) is 4.78. The van der Waals surface area contributed by atoms with Gasteiger partial charge in [0.1, 0.15) is 11.5 Å². The average Bonchev–Trinajstić information content (AvgIpc) is 3.26. The number of amides is 1. The van der Waals surface area contributed by atoms with Gasteiger partial charge in [-0.05, 0) is 55.0 Å². The van der Waals surface area contributed by atoms with Gasteiger partial charge in [0.2, 0.25) is 11.1 Å². The summed E-state index contributed by atoms with van der Waals surface area (Å²) in [5.74, 6) is 2.34. The molecule has 1 heterocycles. The topological polar surface area (TPSA) is 89.1 Å². The quantitative estimate of drug-likeness (QED) is 0.339. The van der Waals surface area contributed by atoms with E-state index in [1.165, 1.54) is 18.2 Å². The van der Waals surface area contributed by atoms with Gasteiger partial charge in [0.25, 0.3) is 0 Å². The van der Waals surface area contributed by atoms with E-state index in [1.54, 1.807) is 7.11 Å². The molecule has 158 valence electrons. The predicted molar refractivity (Wildman–Crippen MR) is 119 cm³/mol. The zero-order chi connectivity index (χ0) is 21.2. The van der Waals surface area contributed by atoms with Crippen molar-refractivity contribution in [1.29, 1.82) is 0 Å². The minimum Gasteiger partial charge on any atom is -0.497 e. The maximum Gasteiger partial charge on any atom is 0.234 e. The Morgan fingerprint density at radius 3 is 2.50 bits per heavy atom. The van der Waals surface area contributed by atoms with Crippen LogP contribution in [0.25, 0.3) is 11.4 Å². The zero-order valence-electron chi connectivity index (χ0n) is 17.2. The molecule has 0 aliphatic heterocycles. The van der Waals surface area contributed by atoms with Crippen LogP contribution in [0.1, 0.15) is 26.2 Å². The molecule has 0 fully saturated rings. The molecule has 3 aromatic rings. The minimum absolute atomic E-state index is 0.118. The molecule has 2 N–H and O–H groups in total. The molecule has 8 heteroatoms. The van der Waals surface area contributed by atoms with Gasteiger partial charge in [-0.3, -0.25) is 9.89 Å². The molecule has 0 spiro atoms. The van der Waals surface area contributed by atoms with Crippen molar-refractivity contribution in [1.82, 2.24) is 15.2 Å². The molecule has 0 radical (unpaired) electrons. The van der Waals surface area contributed by atoms with Crippen LogP contribution in [0.5, 0.6) is 11.5 Å². The van der Waals surface area contributed by atoms with E-state index in [9.17, 15) is 4.79 Å². The smallest absolute Gasteiger partial charge is 0.234 e. The molecule has 0 unspecified atom stereocenters. The standard InChI is InChI=1S/C22H26N4O3S/c1-3-4-5-14-29-19-12-8-17(9-13-19)23-20(27)15-30-22-24-21(25-26-22)16-6-10-18(28-2)11-7-16/h6-13H,3-5,14-15H2,1-2H3,(H,23,27)(H,24,25,26). The highest BCUT2D eigenvalue weighted by atomic mass is 32.2. The molecule has 0 atom stereocenters. The van der Waals surface area contributed by atoms with Gasteiger partial charge in [-0.15, -0.1) is 5.10 Å². The summed E-state index contributed by atoms with van der Waals surface area (Å²) < 4.78 is 10.8. The fourth-order valence-corrected chi connectivity index (χ4v) is 3.29. The van der Waals surface area contributed by atoms with Gasteiger partial charge >= 0.3 is 0 Å². The summed E-state index contributed by atoms with van der Waals surface area (Å²) in [6, 6.07) is 14.9. The van der Waals surface area contributed by atoms with Crippen molar-refractivity contribution >= 4 is 23.4 Å². The lowest BCUT2D eigenvalue weighted by Gasteiger charge is -2.08. The summed E-state index contributed by atoms with van der Waals surface area (Å²) in [6.45, 7) is 2.88. The van der Waals surface area contributed by atoms with E-state index >= 15 is 0 Å². The molecular formula is C22H26N4O3S. The molecule has 0 saturated heterocycles. The van der Waals surface area contributed by atoms with Crippen molar-refractivity contribution in [2.24, 2.45) is 0 Å². The Morgan fingerprint density at radius 1 is 1.07 bits per heavy atom. The number of benzene rings is 2. The SMILES string of the molecule is CCCCCOc1ccc(NC(=O)CSc2n[nH]c(-c3ccc(OC)cc3)n2)cc1. The second-order valence-electron chi connectivity index (χ2n) is 6.61. The fourth-order valence-electron chi connectivity index (χ4n) is 2.69. The fraction of sp³-hybridized carbons (Fsp3) is 0.318. The number of rotatable bonds is 11. The summed E-state index contributed by atoms with van der Waals surface area (Å²) in [5.41, 5.74) is 1.63. The Labute approximate surface area is 180 Å². The third-order valence-corrected chi connectivity index (χ3v) is 5.16. The zero-order valence-corrected chi connectivity index (χ0v) is 18.0. The van der Waals surface area contributed by atoms with Crippen LogP contribution in [-0.2, 0) is 4.79 Å². The van der Waals surface area contributed by atoms with E-state index in [1.807, 2.05) is 48.5 Å². The first-order chi connectivity index (χ1) is 14.7. The Bertz CT molecular complexity index is 926. The number of hydrogen-bond donors (Lipinski definition) is 2. The highest BCUT2D eigenvalue weighted by Gasteiger charge is 2.10. The number of methoxy groups -OCH3 is 1. The molecule has 1 amide bonds. The summed E-state index contributed by atoms with van der Waals surface area (Å²) in [4.78, 5) is 16.6. The minimum atomic E-state index is -0.118. The van der Waals surface area contributed by atoms with Crippen molar-refractivity contribution in [3.63, 3.8) is 0 Å². The van der Waals surface area contributed by atoms with Gasteiger partial charge in [0.15, 0.2) is 5.82 Å². The van der Waals surface area contributed by atoms with Crippen LogP contribution in [0.2, 0.25) is 0 Å². The Kier molecular flexibility index (Phi) is 8.14. The van der Waals surface area contributed by atoms with Crippen LogP contribution < -0.4 is 14.8 Å². The summed E-state index contributed by atoms with van der Waals surface area (Å²) in [5, 5.41) is 10.5. The second-order valence-corrected chi connectivity index (χ2v) is 7.55. The van der Waals surface area contributed by atoms with Gasteiger partial charge in [-0.1, -0.05) is 31.5 Å². The lowest BCUT2D eigenvalue weighted by atomic mass is 10.2. The number of nitrogens with zero attached hydrogens (tertiary/aromatic N) is 2. The van der Waals surface area contributed by atoms with Crippen LogP contribution >= 0.6 is 11.8 Å². The average molecular weight is 427 g/mol. The number of aromatic amines is 1. The normalized spacial score (nSPS) is 10.6. The summed E-state index contributed by atoms with van der Waals surface area (Å²) in [7, 11) is 1.63. The van der Waals surface area contributed by atoms with Gasteiger partial charge < -0.3 is 14.8 Å². The van der Waals surface area contributed by atoms with Gasteiger partial charge in [0.05, 0.1) is 19.5 Å². The first-order valence-corrected chi connectivity index (χ1v) is 10.9. The maximum atomic E-state index is 12.2. The van der Waals surface area contributed by atoms with Gasteiger partial charge in [0, 0.05) is 11.3 Å². The van der Waals surface area contributed by atoms with Gasteiger partial charge in [-0.2, -0.15) is 0 Å². The van der Waals surface area contributed by atoms with E-state index in [4.69, 9.17) is 9.47 Å². The third-order valence-electron chi connectivity index (χ3n) is 4.32. The number of ether oxygens (including phenoxy) is 2. The van der Waals surface area contributed by atoms with Crippen molar-refractivity contribution < 1.29 is 14.3 Å². The van der Waals surface area contributed by atoms with Gasteiger partial charge in [-0.25, -0.2) is 4.98 Å². The number of nitrogens with one attached hydrogen (secondary N) is 2. The van der Waals surface area contributed by atoms with Crippen molar-refractivity contribution in [2.75, 3.05) is 24.8 Å². The molecule has 3 rings (SSSR count).